The van der Waals surface area contributed by atoms with E-state index in [1.165, 1.54) is 6.42 Å². The first kappa shape index (κ1) is 14.4. The van der Waals surface area contributed by atoms with E-state index < -0.39 is 11.4 Å². The van der Waals surface area contributed by atoms with Crippen molar-refractivity contribution in [2.24, 2.45) is 17.4 Å². The Morgan fingerprint density at radius 2 is 2.13 bits per heavy atom. The average molecular weight is 216 g/mol. The molecule has 2 unspecified atom stereocenters. The second kappa shape index (κ2) is 6.80. The van der Waals surface area contributed by atoms with Gasteiger partial charge < -0.3 is 16.2 Å². The third kappa shape index (κ3) is 6.47. The van der Waals surface area contributed by atoms with Crippen LogP contribution in [0, 0.1) is 5.92 Å². The third-order valence-electron chi connectivity index (χ3n) is 2.51. The second-order valence-corrected chi connectivity index (χ2v) is 4.50. The summed E-state index contributed by atoms with van der Waals surface area (Å²) in [6, 6.07) is 0. The predicted molar refractivity (Wildman–Crippen MR) is 61.3 cm³/mol. The summed E-state index contributed by atoms with van der Waals surface area (Å²) in [5.74, 6) is 0.0836. The summed E-state index contributed by atoms with van der Waals surface area (Å²) in [5.41, 5.74) is 9.87. The topological polar surface area (TPSA) is 78.3 Å². The molecular formula is C11H24N2O2. The second-order valence-electron chi connectivity index (χ2n) is 4.50. The molecule has 1 amide bonds. The fourth-order valence-corrected chi connectivity index (χ4v) is 1.27. The summed E-state index contributed by atoms with van der Waals surface area (Å²) in [7, 11) is 0. The molecule has 0 spiro atoms. The minimum Gasteiger partial charge on any atom is -0.381 e. The molecule has 4 heteroatoms. The van der Waals surface area contributed by atoms with Crippen molar-refractivity contribution < 1.29 is 9.53 Å². The van der Waals surface area contributed by atoms with Crippen LogP contribution in [0.25, 0.3) is 0 Å². The van der Waals surface area contributed by atoms with Gasteiger partial charge in [-0.2, -0.15) is 0 Å². The minimum atomic E-state index is -0.950. The Kier molecular flexibility index (Phi) is 6.52. The molecule has 15 heavy (non-hydrogen) atoms. The van der Waals surface area contributed by atoms with Crippen molar-refractivity contribution in [3.63, 3.8) is 0 Å². The van der Waals surface area contributed by atoms with Crippen molar-refractivity contribution in [1.29, 1.82) is 0 Å². The van der Waals surface area contributed by atoms with Gasteiger partial charge in [0.15, 0.2) is 0 Å². The number of carbonyl (C=O) groups excluding carboxylic acids is 1. The highest BCUT2D eigenvalue weighted by Gasteiger charge is 2.24. The Morgan fingerprint density at radius 1 is 1.53 bits per heavy atom. The summed E-state index contributed by atoms with van der Waals surface area (Å²) < 4.78 is 5.45. The number of amides is 1. The quantitative estimate of drug-likeness (QED) is 0.595. The van der Waals surface area contributed by atoms with Crippen LogP contribution in [0.15, 0.2) is 0 Å². The first-order valence-electron chi connectivity index (χ1n) is 5.56. The van der Waals surface area contributed by atoms with Gasteiger partial charge >= 0.3 is 0 Å². The molecule has 0 saturated heterocycles. The summed E-state index contributed by atoms with van der Waals surface area (Å²) in [5, 5.41) is 0. The van der Waals surface area contributed by atoms with Gasteiger partial charge in [-0.25, -0.2) is 0 Å². The molecule has 4 nitrogen and oxygen atoms in total. The van der Waals surface area contributed by atoms with Crippen LogP contribution in [-0.2, 0) is 9.53 Å². The lowest BCUT2D eigenvalue weighted by Crippen LogP contribution is -2.50. The summed E-state index contributed by atoms with van der Waals surface area (Å²) in [4.78, 5) is 10.9. The highest BCUT2D eigenvalue weighted by molar-refractivity contribution is 5.83. The molecule has 0 aliphatic rings. The van der Waals surface area contributed by atoms with Gasteiger partial charge in [-0.15, -0.1) is 0 Å². The zero-order valence-corrected chi connectivity index (χ0v) is 10.1. The first-order chi connectivity index (χ1) is 6.90. The summed E-state index contributed by atoms with van der Waals surface area (Å²) >= 11 is 0. The van der Waals surface area contributed by atoms with E-state index in [1.54, 1.807) is 6.92 Å². The first-order valence-corrected chi connectivity index (χ1v) is 5.56. The van der Waals surface area contributed by atoms with E-state index in [2.05, 4.69) is 13.8 Å². The van der Waals surface area contributed by atoms with Crippen molar-refractivity contribution in [2.45, 2.75) is 45.6 Å². The van der Waals surface area contributed by atoms with Crippen LogP contribution in [-0.4, -0.2) is 24.7 Å². The smallest absolute Gasteiger partial charge is 0.237 e. The van der Waals surface area contributed by atoms with Gasteiger partial charge in [0, 0.05) is 13.2 Å². The van der Waals surface area contributed by atoms with E-state index in [0.717, 1.165) is 13.0 Å². The molecular weight excluding hydrogens is 192 g/mol. The maximum absolute atomic E-state index is 10.9. The van der Waals surface area contributed by atoms with Crippen LogP contribution < -0.4 is 11.5 Å². The Morgan fingerprint density at radius 3 is 2.60 bits per heavy atom. The number of hydrogen-bond acceptors (Lipinski definition) is 3. The van der Waals surface area contributed by atoms with E-state index in [9.17, 15) is 4.79 Å². The van der Waals surface area contributed by atoms with E-state index in [-0.39, 0.29) is 0 Å². The van der Waals surface area contributed by atoms with E-state index in [1.807, 2.05) is 0 Å². The van der Waals surface area contributed by atoms with Gasteiger partial charge in [0.25, 0.3) is 0 Å². The van der Waals surface area contributed by atoms with Crippen LogP contribution in [0.3, 0.4) is 0 Å². The fourth-order valence-electron chi connectivity index (χ4n) is 1.27. The number of rotatable bonds is 8. The zero-order valence-electron chi connectivity index (χ0n) is 10.1. The number of primary amides is 1. The molecule has 0 rings (SSSR count). The number of nitrogens with two attached hydrogens (primary N) is 2. The molecule has 0 radical (unpaired) electrons. The summed E-state index contributed by atoms with van der Waals surface area (Å²) in [6.45, 7) is 7.15. The van der Waals surface area contributed by atoms with Gasteiger partial charge in [0.05, 0.1) is 5.54 Å². The van der Waals surface area contributed by atoms with E-state index in [4.69, 9.17) is 16.2 Å². The lowest BCUT2D eigenvalue weighted by Gasteiger charge is -2.20. The van der Waals surface area contributed by atoms with Crippen LogP contribution >= 0.6 is 0 Å². The average Bonchev–Trinajstić information content (AvgIpc) is 2.13. The standard InChI is InChI=1S/C11H24N2O2/c1-4-5-9(2)8-15-7-6-11(3,13)10(12)14/h9H,4-8,13H2,1-3H3,(H2,12,14). The highest BCUT2D eigenvalue weighted by Crippen LogP contribution is 2.08. The van der Waals surface area contributed by atoms with Crippen LogP contribution in [0.2, 0.25) is 0 Å². The maximum atomic E-state index is 10.9. The number of carbonyl (C=O) groups is 1. The molecule has 2 atom stereocenters. The zero-order chi connectivity index (χ0) is 11.9. The monoisotopic (exact) mass is 216 g/mol. The molecule has 4 N–H and O–H groups in total. The largest absolute Gasteiger partial charge is 0.381 e. The molecule has 0 heterocycles. The molecule has 0 aromatic rings. The van der Waals surface area contributed by atoms with Gasteiger partial charge in [-0.1, -0.05) is 20.3 Å². The van der Waals surface area contributed by atoms with Crippen molar-refractivity contribution in [2.75, 3.05) is 13.2 Å². The lowest BCUT2D eigenvalue weighted by atomic mass is 9.99. The number of hydrogen-bond donors (Lipinski definition) is 2. The van der Waals surface area contributed by atoms with Crippen molar-refractivity contribution >= 4 is 5.91 Å². The van der Waals surface area contributed by atoms with Crippen LogP contribution in [0.5, 0.6) is 0 Å². The normalized spacial score (nSPS) is 17.1. The van der Waals surface area contributed by atoms with E-state index >= 15 is 0 Å². The summed E-state index contributed by atoms with van der Waals surface area (Å²) in [6.07, 6.45) is 2.80. The van der Waals surface area contributed by atoms with Gasteiger partial charge in [-0.3, -0.25) is 4.79 Å². The van der Waals surface area contributed by atoms with Crippen molar-refractivity contribution in [1.82, 2.24) is 0 Å². The Balaban J connectivity index is 3.58. The molecule has 0 bridgehead atoms. The third-order valence-corrected chi connectivity index (χ3v) is 2.51. The molecule has 0 saturated carbocycles. The Hall–Kier alpha value is -0.610. The predicted octanol–water partition coefficient (Wildman–Crippen LogP) is 1.03. The Bertz CT molecular complexity index is 193. The molecule has 0 fully saturated rings. The molecule has 0 aliphatic heterocycles. The van der Waals surface area contributed by atoms with Gasteiger partial charge in [0.1, 0.15) is 0 Å². The SMILES string of the molecule is CCCC(C)COCCC(C)(N)C(N)=O. The van der Waals surface area contributed by atoms with Crippen LogP contribution in [0.1, 0.15) is 40.0 Å². The molecule has 90 valence electrons. The minimum absolute atomic E-state index is 0.473. The highest BCUT2D eigenvalue weighted by atomic mass is 16.5. The molecule has 0 aromatic carbocycles. The fraction of sp³-hybridized carbons (Fsp3) is 0.909. The lowest BCUT2D eigenvalue weighted by molar-refractivity contribution is -0.123. The van der Waals surface area contributed by atoms with E-state index in [0.29, 0.717) is 18.9 Å². The maximum Gasteiger partial charge on any atom is 0.237 e. The van der Waals surface area contributed by atoms with Gasteiger partial charge in [0.2, 0.25) is 5.91 Å². The Labute approximate surface area is 92.3 Å². The molecule has 0 aromatic heterocycles. The van der Waals surface area contributed by atoms with Crippen LogP contribution in [0.4, 0.5) is 0 Å². The number of ether oxygens (including phenoxy) is 1. The molecule has 0 aliphatic carbocycles. The van der Waals surface area contributed by atoms with Crippen molar-refractivity contribution in [3.05, 3.63) is 0 Å². The van der Waals surface area contributed by atoms with Crippen molar-refractivity contribution in [3.8, 4) is 0 Å². The van der Waals surface area contributed by atoms with Gasteiger partial charge in [-0.05, 0) is 25.7 Å².